The minimum Gasteiger partial charge on any atom is -0.356 e. The van der Waals surface area contributed by atoms with Gasteiger partial charge in [0.2, 0.25) is 0 Å². The van der Waals surface area contributed by atoms with E-state index in [0.29, 0.717) is 19.6 Å². The number of halogens is 1. The molecule has 7 nitrogen and oxygen atoms in total. The Kier molecular flexibility index (Phi) is 4.78. The number of piperazine rings is 1. The zero-order valence-corrected chi connectivity index (χ0v) is 14.4. The lowest BCUT2D eigenvalue weighted by atomic mass is 10.2. The predicted octanol–water partition coefficient (Wildman–Crippen LogP) is 1.39. The smallest absolute Gasteiger partial charge is 0.270 e. The Labute approximate surface area is 145 Å². The Hall–Kier alpha value is -2.39. The van der Waals surface area contributed by atoms with E-state index in [1.165, 1.54) is 30.5 Å². The third-order valence-corrected chi connectivity index (χ3v) is 5.42. The van der Waals surface area contributed by atoms with E-state index in [0.717, 1.165) is 6.07 Å². The molecule has 1 atom stereocenters. The Morgan fingerprint density at radius 1 is 1.36 bits per heavy atom. The fraction of sp³-hybridized carbons (Fsp3) is 0.312. The molecule has 134 valence electrons. The van der Waals surface area contributed by atoms with Crippen LogP contribution in [-0.2, 0) is 10.0 Å². The molecule has 1 amide bonds. The lowest BCUT2D eigenvalue weighted by molar-refractivity contribution is 0.0650. The number of amides is 1. The average Bonchev–Trinajstić information content (AvgIpc) is 3.08. The summed E-state index contributed by atoms with van der Waals surface area (Å²) in [5, 5.41) is 3.19. The van der Waals surface area contributed by atoms with E-state index in [1.807, 2.05) is 6.92 Å². The molecule has 0 spiro atoms. The maximum atomic E-state index is 13.7. The van der Waals surface area contributed by atoms with Gasteiger partial charge >= 0.3 is 0 Å². The van der Waals surface area contributed by atoms with Crippen molar-refractivity contribution in [2.45, 2.75) is 17.9 Å². The molecule has 2 aromatic rings. The summed E-state index contributed by atoms with van der Waals surface area (Å²) in [6.45, 7) is 3.85. The number of H-pyrrole nitrogens is 1. The van der Waals surface area contributed by atoms with Crippen molar-refractivity contribution in [3.8, 4) is 0 Å². The number of aromatic nitrogens is 1. The van der Waals surface area contributed by atoms with Crippen LogP contribution in [0.5, 0.6) is 0 Å². The Balaban J connectivity index is 1.80. The maximum Gasteiger partial charge on any atom is 0.270 e. The average molecular weight is 366 g/mol. The van der Waals surface area contributed by atoms with Crippen molar-refractivity contribution in [2.75, 3.05) is 24.4 Å². The molecule has 1 aliphatic rings. The van der Waals surface area contributed by atoms with Gasteiger partial charge in [0.05, 0.1) is 5.69 Å². The van der Waals surface area contributed by atoms with Crippen molar-refractivity contribution in [3.05, 3.63) is 48.0 Å². The van der Waals surface area contributed by atoms with Gasteiger partial charge in [0.1, 0.15) is 16.4 Å². The monoisotopic (exact) mass is 366 g/mol. The summed E-state index contributed by atoms with van der Waals surface area (Å²) in [7, 11) is -4.00. The quantitative estimate of drug-likeness (QED) is 0.762. The highest BCUT2D eigenvalue weighted by molar-refractivity contribution is 7.92. The number of nitrogens with one attached hydrogen (secondary N) is 3. The summed E-state index contributed by atoms with van der Waals surface area (Å²) in [4.78, 5) is 16.8. The Morgan fingerprint density at radius 3 is 2.84 bits per heavy atom. The molecule has 1 aromatic carbocycles. The van der Waals surface area contributed by atoms with Gasteiger partial charge in [-0.2, -0.15) is 0 Å². The first kappa shape index (κ1) is 17.4. The molecule has 1 fully saturated rings. The minimum absolute atomic E-state index is 0.0150. The summed E-state index contributed by atoms with van der Waals surface area (Å²) >= 11 is 0. The van der Waals surface area contributed by atoms with Crippen molar-refractivity contribution in [2.24, 2.45) is 0 Å². The third-order valence-electron chi connectivity index (χ3n) is 4.08. The van der Waals surface area contributed by atoms with E-state index in [9.17, 15) is 17.6 Å². The van der Waals surface area contributed by atoms with Crippen LogP contribution in [0.4, 0.5) is 10.1 Å². The summed E-state index contributed by atoms with van der Waals surface area (Å²) in [6, 6.07) is 6.76. The first-order valence-corrected chi connectivity index (χ1v) is 9.34. The van der Waals surface area contributed by atoms with Crippen LogP contribution in [0.25, 0.3) is 0 Å². The van der Waals surface area contributed by atoms with E-state index in [2.05, 4.69) is 15.0 Å². The van der Waals surface area contributed by atoms with Gasteiger partial charge in [-0.3, -0.25) is 9.52 Å². The van der Waals surface area contributed by atoms with Crippen molar-refractivity contribution in [3.63, 3.8) is 0 Å². The summed E-state index contributed by atoms with van der Waals surface area (Å²) in [5.41, 5.74) is 0.0370. The molecule has 2 heterocycles. The van der Waals surface area contributed by atoms with Crippen molar-refractivity contribution < 1.29 is 17.6 Å². The number of carbonyl (C=O) groups is 1. The van der Waals surface area contributed by atoms with Crippen LogP contribution in [0, 0.1) is 5.82 Å². The molecule has 3 N–H and O–H groups in total. The standard InChI is InChI=1S/C16H19FN4O3S/c1-11-9-18-6-7-21(11)16(22)15-8-12(10-19-15)25(23,24)20-14-5-3-2-4-13(14)17/h2-5,8,10-11,18-20H,6-7,9H2,1H3/t11-/m1/s1. The second kappa shape index (κ2) is 6.85. The van der Waals surface area contributed by atoms with Gasteiger partial charge in [-0.15, -0.1) is 0 Å². The normalized spacial score (nSPS) is 18.2. The molecule has 0 saturated carbocycles. The maximum absolute atomic E-state index is 13.7. The fourth-order valence-electron chi connectivity index (χ4n) is 2.70. The second-order valence-corrected chi connectivity index (χ2v) is 7.57. The van der Waals surface area contributed by atoms with E-state index in [1.54, 1.807) is 4.90 Å². The summed E-state index contributed by atoms with van der Waals surface area (Å²) in [5.74, 6) is -0.936. The molecule has 9 heteroatoms. The zero-order valence-electron chi connectivity index (χ0n) is 13.6. The van der Waals surface area contributed by atoms with Crippen molar-refractivity contribution >= 4 is 21.6 Å². The molecule has 25 heavy (non-hydrogen) atoms. The van der Waals surface area contributed by atoms with E-state index < -0.39 is 15.8 Å². The fourth-order valence-corrected chi connectivity index (χ4v) is 3.76. The molecule has 1 aliphatic heterocycles. The van der Waals surface area contributed by atoms with Gasteiger partial charge in [0.25, 0.3) is 15.9 Å². The van der Waals surface area contributed by atoms with Crippen LogP contribution in [-0.4, -0.2) is 49.9 Å². The zero-order chi connectivity index (χ0) is 18.0. The van der Waals surface area contributed by atoms with E-state index in [4.69, 9.17) is 0 Å². The number of benzene rings is 1. The van der Waals surface area contributed by atoms with Crippen LogP contribution >= 0.6 is 0 Å². The molecule has 1 saturated heterocycles. The molecular weight excluding hydrogens is 347 g/mol. The van der Waals surface area contributed by atoms with E-state index >= 15 is 0 Å². The van der Waals surface area contributed by atoms with Crippen molar-refractivity contribution in [1.29, 1.82) is 0 Å². The van der Waals surface area contributed by atoms with Crippen LogP contribution in [0.3, 0.4) is 0 Å². The van der Waals surface area contributed by atoms with Crippen molar-refractivity contribution in [1.82, 2.24) is 15.2 Å². The molecule has 3 rings (SSSR count). The molecule has 0 unspecified atom stereocenters. The number of hydrogen-bond donors (Lipinski definition) is 3. The van der Waals surface area contributed by atoms with Crippen LogP contribution in [0.1, 0.15) is 17.4 Å². The Bertz CT molecular complexity index is 881. The minimum atomic E-state index is -4.00. The number of hydrogen-bond acceptors (Lipinski definition) is 4. The largest absolute Gasteiger partial charge is 0.356 e. The van der Waals surface area contributed by atoms with E-state index in [-0.39, 0.29) is 28.2 Å². The van der Waals surface area contributed by atoms with Gasteiger partial charge < -0.3 is 15.2 Å². The number of nitrogens with zero attached hydrogens (tertiary/aromatic N) is 1. The summed E-state index contributed by atoms with van der Waals surface area (Å²) < 4.78 is 40.6. The molecule has 1 aromatic heterocycles. The highest BCUT2D eigenvalue weighted by Crippen LogP contribution is 2.20. The lowest BCUT2D eigenvalue weighted by Crippen LogP contribution is -2.52. The number of anilines is 1. The first-order chi connectivity index (χ1) is 11.9. The highest BCUT2D eigenvalue weighted by Gasteiger charge is 2.26. The second-order valence-electron chi connectivity index (χ2n) is 5.89. The van der Waals surface area contributed by atoms with Crippen LogP contribution in [0.2, 0.25) is 0 Å². The highest BCUT2D eigenvalue weighted by atomic mass is 32.2. The Morgan fingerprint density at radius 2 is 2.12 bits per heavy atom. The van der Waals surface area contributed by atoms with Gasteiger partial charge in [-0.1, -0.05) is 12.1 Å². The van der Waals surface area contributed by atoms with Crippen LogP contribution < -0.4 is 10.0 Å². The molecule has 0 bridgehead atoms. The lowest BCUT2D eigenvalue weighted by Gasteiger charge is -2.33. The first-order valence-electron chi connectivity index (χ1n) is 7.86. The number of para-hydroxylation sites is 1. The number of carbonyl (C=O) groups excluding carboxylic acids is 1. The topological polar surface area (TPSA) is 94.3 Å². The van der Waals surface area contributed by atoms with Crippen LogP contribution in [0.15, 0.2) is 41.4 Å². The SMILES string of the molecule is C[C@@H]1CNCCN1C(=O)c1cc(S(=O)(=O)Nc2ccccc2F)c[nH]1. The summed E-state index contributed by atoms with van der Waals surface area (Å²) in [6.07, 6.45) is 1.23. The molecular formula is C16H19FN4O3S. The van der Waals surface area contributed by atoms with Gasteiger partial charge in [-0.25, -0.2) is 12.8 Å². The number of aromatic amines is 1. The van der Waals surface area contributed by atoms with Gasteiger partial charge in [0.15, 0.2) is 0 Å². The number of rotatable bonds is 4. The van der Waals surface area contributed by atoms with Gasteiger partial charge in [-0.05, 0) is 25.1 Å². The molecule has 0 aliphatic carbocycles. The van der Waals surface area contributed by atoms with Gasteiger partial charge in [0, 0.05) is 31.9 Å². The number of sulfonamides is 1. The third kappa shape index (κ3) is 3.67. The predicted molar refractivity (Wildman–Crippen MR) is 91.4 cm³/mol. The molecule has 0 radical (unpaired) electrons.